The lowest BCUT2D eigenvalue weighted by Gasteiger charge is -2.18. The monoisotopic (exact) mass is 357 g/mol. The predicted molar refractivity (Wildman–Crippen MR) is 100 cm³/mol. The van der Waals surface area contributed by atoms with E-state index >= 15 is 0 Å². The molecule has 0 saturated carbocycles. The number of amides is 2. The van der Waals surface area contributed by atoms with Crippen molar-refractivity contribution < 1.29 is 14.0 Å². The molecule has 2 amide bonds. The van der Waals surface area contributed by atoms with Gasteiger partial charge in [-0.25, -0.2) is 4.39 Å². The van der Waals surface area contributed by atoms with E-state index in [1.165, 1.54) is 24.3 Å². The fraction of sp³-hybridized carbons (Fsp3) is 0.300. The Balaban J connectivity index is 1.95. The second-order valence-corrected chi connectivity index (χ2v) is 6.21. The van der Waals surface area contributed by atoms with Crippen molar-refractivity contribution >= 4 is 17.5 Å². The van der Waals surface area contributed by atoms with Gasteiger partial charge in [-0.1, -0.05) is 25.5 Å². The third-order valence-electron chi connectivity index (χ3n) is 4.07. The predicted octanol–water partition coefficient (Wildman–Crippen LogP) is 3.38. The van der Waals surface area contributed by atoms with E-state index < -0.39 is 6.04 Å². The van der Waals surface area contributed by atoms with E-state index in [-0.39, 0.29) is 23.7 Å². The van der Waals surface area contributed by atoms with Gasteiger partial charge in [0.05, 0.1) is 12.1 Å². The summed E-state index contributed by atoms with van der Waals surface area (Å²) in [5, 5.41) is 5.64. The van der Waals surface area contributed by atoms with Crippen LogP contribution >= 0.6 is 0 Å². The number of carbonyl (C=O) groups is 2. The number of anilines is 1. The fourth-order valence-electron chi connectivity index (χ4n) is 2.51. The Bertz CT molecular complexity index is 745. The van der Waals surface area contributed by atoms with E-state index in [2.05, 4.69) is 10.6 Å². The first-order chi connectivity index (χ1) is 12.4. The number of rotatable bonds is 7. The van der Waals surface area contributed by atoms with E-state index in [1.54, 1.807) is 12.1 Å². The molecule has 6 heteroatoms. The summed E-state index contributed by atoms with van der Waals surface area (Å²) < 4.78 is 12.9. The third kappa shape index (κ3) is 5.39. The highest BCUT2D eigenvalue weighted by molar-refractivity contribution is 6.04. The molecule has 5 nitrogen and oxygen atoms in total. The molecule has 0 aliphatic carbocycles. The maximum Gasteiger partial charge on any atom is 0.255 e. The zero-order valence-electron chi connectivity index (χ0n) is 15.0. The van der Waals surface area contributed by atoms with Crippen molar-refractivity contribution in [2.75, 3.05) is 5.32 Å². The molecule has 0 saturated heterocycles. The number of halogens is 1. The van der Waals surface area contributed by atoms with Crippen LogP contribution in [0.2, 0.25) is 0 Å². The van der Waals surface area contributed by atoms with Crippen LogP contribution < -0.4 is 16.4 Å². The number of carbonyl (C=O) groups excluding carboxylic acids is 2. The van der Waals surface area contributed by atoms with Crippen LogP contribution in [-0.2, 0) is 4.79 Å². The summed E-state index contributed by atoms with van der Waals surface area (Å²) >= 11 is 0. The van der Waals surface area contributed by atoms with Crippen LogP contribution in [0.15, 0.2) is 48.5 Å². The average molecular weight is 357 g/mol. The molecule has 0 bridgehead atoms. The number of nitrogens with two attached hydrogens (primary N) is 1. The van der Waals surface area contributed by atoms with Gasteiger partial charge in [0, 0.05) is 11.3 Å². The molecule has 0 spiro atoms. The molecule has 4 N–H and O–H groups in total. The SMILES string of the molecule is CCCC(N)C(=O)NC(C)c1ccc(NC(=O)c2ccc(F)cc2)cc1. The lowest BCUT2D eigenvalue weighted by molar-refractivity contribution is -0.123. The van der Waals surface area contributed by atoms with Crippen LogP contribution in [0.25, 0.3) is 0 Å². The lowest BCUT2D eigenvalue weighted by Crippen LogP contribution is -2.41. The summed E-state index contributed by atoms with van der Waals surface area (Å²) in [5.74, 6) is -0.877. The second kappa shape index (κ2) is 9.10. The van der Waals surface area contributed by atoms with E-state index in [0.29, 0.717) is 17.7 Å². The molecule has 2 rings (SSSR count). The molecule has 0 aromatic heterocycles. The van der Waals surface area contributed by atoms with Gasteiger partial charge >= 0.3 is 0 Å². The maximum absolute atomic E-state index is 12.9. The molecule has 0 fully saturated rings. The van der Waals surface area contributed by atoms with E-state index in [9.17, 15) is 14.0 Å². The molecule has 26 heavy (non-hydrogen) atoms. The second-order valence-electron chi connectivity index (χ2n) is 6.21. The third-order valence-corrected chi connectivity index (χ3v) is 4.07. The number of nitrogens with one attached hydrogen (secondary N) is 2. The normalized spacial score (nSPS) is 12.9. The van der Waals surface area contributed by atoms with Crippen molar-refractivity contribution in [3.63, 3.8) is 0 Å². The van der Waals surface area contributed by atoms with Gasteiger partial charge in [-0.15, -0.1) is 0 Å². The largest absolute Gasteiger partial charge is 0.348 e. The summed E-state index contributed by atoms with van der Waals surface area (Å²) in [5.41, 5.74) is 7.71. The highest BCUT2D eigenvalue weighted by atomic mass is 19.1. The molecule has 2 atom stereocenters. The topological polar surface area (TPSA) is 84.2 Å². The van der Waals surface area contributed by atoms with Gasteiger partial charge in [-0.2, -0.15) is 0 Å². The van der Waals surface area contributed by atoms with Crippen LogP contribution in [0.1, 0.15) is 48.7 Å². The lowest BCUT2D eigenvalue weighted by atomic mass is 10.1. The Morgan fingerprint density at radius 2 is 1.69 bits per heavy atom. The van der Waals surface area contributed by atoms with Crippen LogP contribution in [0.5, 0.6) is 0 Å². The van der Waals surface area contributed by atoms with Crippen LogP contribution in [0, 0.1) is 5.82 Å². The molecular formula is C20H24FN3O2. The van der Waals surface area contributed by atoms with Crippen molar-refractivity contribution in [2.24, 2.45) is 5.73 Å². The minimum atomic E-state index is -0.503. The molecule has 0 heterocycles. The first-order valence-corrected chi connectivity index (χ1v) is 8.63. The minimum Gasteiger partial charge on any atom is -0.348 e. The van der Waals surface area contributed by atoms with E-state index in [1.807, 2.05) is 26.0 Å². The van der Waals surface area contributed by atoms with Crippen LogP contribution in [0.3, 0.4) is 0 Å². The Morgan fingerprint density at radius 1 is 1.08 bits per heavy atom. The number of hydrogen-bond donors (Lipinski definition) is 3. The van der Waals surface area contributed by atoms with Gasteiger partial charge in [0.1, 0.15) is 5.82 Å². The van der Waals surface area contributed by atoms with E-state index in [4.69, 9.17) is 5.73 Å². The van der Waals surface area contributed by atoms with Crippen molar-refractivity contribution in [1.82, 2.24) is 5.32 Å². The Morgan fingerprint density at radius 3 is 2.27 bits per heavy atom. The number of hydrogen-bond acceptors (Lipinski definition) is 3. The van der Waals surface area contributed by atoms with Gasteiger partial charge in [-0.05, 0) is 55.3 Å². The first-order valence-electron chi connectivity index (χ1n) is 8.63. The quantitative estimate of drug-likeness (QED) is 0.710. The van der Waals surface area contributed by atoms with Crippen molar-refractivity contribution in [3.8, 4) is 0 Å². The smallest absolute Gasteiger partial charge is 0.255 e. The molecule has 0 aliphatic heterocycles. The van der Waals surface area contributed by atoms with Gasteiger partial charge < -0.3 is 16.4 Å². The van der Waals surface area contributed by atoms with E-state index in [0.717, 1.165) is 12.0 Å². The molecule has 0 radical (unpaired) electrons. The summed E-state index contributed by atoms with van der Waals surface area (Å²) in [6.45, 7) is 3.86. The van der Waals surface area contributed by atoms with Crippen molar-refractivity contribution in [2.45, 2.75) is 38.8 Å². The maximum atomic E-state index is 12.9. The molecule has 0 aliphatic rings. The number of benzene rings is 2. The Hall–Kier alpha value is -2.73. The molecule has 2 aromatic carbocycles. The van der Waals surface area contributed by atoms with Gasteiger partial charge in [0.2, 0.25) is 5.91 Å². The average Bonchev–Trinajstić information content (AvgIpc) is 2.63. The first kappa shape index (κ1) is 19.6. The van der Waals surface area contributed by atoms with Crippen molar-refractivity contribution in [3.05, 3.63) is 65.5 Å². The van der Waals surface area contributed by atoms with Gasteiger partial charge in [0.25, 0.3) is 5.91 Å². The molecule has 2 aromatic rings. The Labute approximate surface area is 152 Å². The summed E-state index contributed by atoms with van der Waals surface area (Å²) in [4.78, 5) is 24.1. The molecule has 2 unspecified atom stereocenters. The van der Waals surface area contributed by atoms with Crippen LogP contribution in [0.4, 0.5) is 10.1 Å². The summed E-state index contributed by atoms with van der Waals surface area (Å²) in [6.07, 6.45) is 1.50. The zero-order chi connectivity index (χ0) is 19.1. The van der Waals surface area contributed by atoms with Gasteiger partial charge in [-0.3, -0.25) is 9.59 Å². The molecule has 138 valence electrons. The highest BCUT2D eigenvalue weighted by Crippen LogP contribution is 2.17. The molecular weight excluding hydrogens is 333 g/mol. The summed E-state index contributed by atoms with van der Waals surface area (Å²) in [7, 11) is 0. The standard InChI is InChI=1S/C20H24FN3O2/c1-3-4-18(22)20(26)23-13(2)14-7-11-17(12-8-14)24-19(25)15-5-9-16(21)10-6-15/h5-13,18H,3-4,22H2,1-2H3,(H,23,26)(H,24,25). The van der Waals surface area contributed by atoms with Crippen LogP contribution in [-0.4, -0.2) is 17.9 Å². The fourth-order valence-corrected chi connectivity index (χ4v) is 2.51. The minimum absolute atomic E-state index is 0.173. The Kier molecular flexibility index (Phi) is 6.86. The van der Waals surface area contributed by atoms with Crippen molar-refractivity contribution in [1.29, 1.82) is 0 Å². The highest BCUT2D eigenvalue weighted by Gasteiger charge is 2.16. The van der Waals surface area contributed by atoms with Gasteiger partial charge in [0.15, 0.2) is 0 Å². The summed E-state index contributed by atoms with van der Waals surface area (Å²) in [6, 6.07) is 11.8. The zero-order valence-corrected chi connectivity index (χ0v) is 15.0.